The summed E-state index contributed by atoms with van der Waals surface area (Å²) in [6.45, 7) is 1.56. The van der Waals surface area contributed by atoms with Crippen molar-refractivity contribution in [3.8, 4) is 0 Å². The van der Waals surface area contributed by atoms with Crippen molar-refractivity contribution in [1.29, 1.82) is 0 Å². The second kappa shape index (κ2) is 5.05. The van der Waals surface area contributed by atoms with Gasteiger partial charge in [-0.05, 0) is 19.1 Å². The van der Waals surface area contributed by atoms with E-state index in [2.05, 4.69) is 15.3 Å². The van der Waals surface area contributed by atoms with Crippen LogP contribution in [0.1, 0.15) is 23.7 Å². The number of aromatic amines is 1. The molecule has 7 heteroatoms. The van der Waals surface area contributed by atoms with Crippen molar-refractivity contribution < 1.29 is 19.1 Å². The van der Waals surface area contributed by atoms with E-state index in [0.717, 1.165) is 6.07 Å². The molecule has 0 aliphatic carbocycles. The lowest BCUT2D eigenvalue weighted by Crippen LogP contribution is -2.34. The number of halogens is 1. The molecular formula is C12H12FN3O3. The number of carboxylic acids is 1. The minimum atomic E-state index is -1.02. The Morgan fingerprint density at radius 1 is 1.53 bits per heavy atom. The average molecular weight is 265 g/mol. The average Bonchev–Trinajstić information content (AvgIpc) is 2.73. The number of hydrogen-bond acceptors (Lipinski definition) is 3. The van der Waals surface area contributed by atoms with Gasteiger partial charge in [-0.15, -0.1) is 0 Å². The highest BCUT2D eigenvalue weighted by atomic mass is 19.1. The minimum absolute atomic E-state index is 0.0773. The summed E-state index contributed by atoms with van der Waals surface area (Å²) in [5.74, 6) is -2.13. The van der Waals surface area contributed by atoms with Crippen LogP contribution in [0, 0.1) is 5.82 Å². The number of imidazole rings is 1. The van der Waals surface area contributed by atoms with Crippen LogP contribution in [-0.2, 0) is 4.79 Å². The first kappa shape index (κ1) is 13.0. The quantitative estimate of drug-likeness (QED) is 0.776. The van der Waals surface area contributed by atoms with E-state index in [1.54, 1.807) is 6.92 Å². The Hall–Kier alpha value is -2.44. The maximum absolute atomic E-state index is 13.4. The van der Waals surface area contributed by atoms with Crippen LogP contribution in [0.15, 0.2) is 18.5 Å². The summed E-state index contributed by atoms with van der Waals surface area (Å²) >= 11 is 0. The number of fused-ring (bicyclic) bond motifs is 1. The van der Waals surface area contributed by atoms with E-state index < -0.39 is 23.7 Å². The second-order valence-corrected chi connectivity index (χ2v) is 4.22. The molecule has 0 aliphatic heterocycles. The topological polar surface area (TPSA) is 95.1 Å². The third-order valence-corrected chi connectivity index (χ3v) is 2.59. The lowest BCUT2D eigenvalue weighted by molar-refractivity contribution is -0.137. The molecule has 1 atom stereocenters. The van der Waals surface area contributed by atoms with E-state index in [-0.39, 0.29) is 12.0 Å². The summed E-state index contributed by atoms with van der Waals surface area (Å²) in [6, 6.07) is 1.76. The van der Waals surface area contributed by atoms with E-state index >= 15 is 0 Å². The van der Waals surface area contributed by atoms with Gasteiger partial charge in [0, 0.05) is 6.04 Å². The molecule has 100 valence electrons. The minimum Gasteiger partial charge on any atom is -0.481 e. The van der Waals surface area contributed by atoms with Gasteiger partial charge in [0.25, 0.3) is 5.91 Å². The normalized spacial score (nSPS) is 12.3. The number of benzene rings is 1. The zero-order chi connectivity index (χ0) is 14.0. The summed E-state index contributed by atoms with van der Waals surface area (Å²) in [5.41, 5.74) is 0.839. The summed E-state index contributed by atoms with van der Waals surface area (Å²) in [7, 11) is 0. The molecule has 0 fully saturated rings. The molecule has 0 saturated carbocycles. The van der Waals surface area contributed by atoms with Gasteiger partial charge in [-0.3, -0.25) is 9.59 Å². The van der Waals surface area contributed by atoms with Crippen LogP contribution in [0.5, 0.6) is 0 Å². The van der Waals surface area contributed by atoms with Crippen molar-refractivity contribution in [3.05, 3.63) is 29.8 Å². The highest BCUT2D eigenvalue weighted by Gasteiger charge is 2.17. The highest BCUT2D eigenvalue weighted by Crippen LogP contribution is 2.17. The number of carbonyl (C=O) groups is 2. The highest BCUT2D eigenvalue weighted by molar-refractivity contribution is 6.05. The van der Waals surface area contributed by atoms with Crippen LogP contribution in [0.3, 0.4) is 0 Å². The molecule has 1 aromatic carbocycles. The van der Waals surface area contributed by atoms with Gasteiger partial charge in [0.2, 0.25) is 0 Å². The predicted octanol–water partition coefficient (Wildman–Crippen LogP) is 1.29. The summed E-state index contributed by atoms with van der Waals surface area (Å²) in [5, 5.41) is 11.1. The van der Waals surface area contributed by atoms with E-state index in [9.17, 15) is 14.0 Å². The molecule has 2 rings (SSSR count). The van der Waals surface area contributed by atoms with Crippen molar-refractivity contribution in [2.24, 2.45) is 0 Å². The molecule has 19 heavy (non-hydrogen) atoms. The van der Waals surface area contributed by atoms with Gasteiger partial charge in [0.15, 0.2) is 0 Å². The van der Waals surface area contributed by atoms with E-state index in [4.69, 9.17) is 5.11 Å². The van der Waals surface area contributed by atoms with Crippen molar-refractivity contribution >= 4 is 22.9 Å². The molecule has 0 radical (unpaired) electrons. The molecule has 6 nitrogen and oxygen atoms in total. The summed E-state index contributed by atoms with van der Waals surface area (Å²) in [6.07, 6.45) is 1.16. The number of aromatic nitrogens is 2. The maximum Gasteiger partial charge on any atom is 0.305 e. The molecule has 1 aromatic heterocycles. The third-order valence-electron chi connectivity index (χ3n) is 2.59. The molecule has 1 heterocycles. The number of carbonyl (C=O) groups excluding carboxylic acids is 1. The molecule has 0 saturated heterocycles. The van der Waals surface area contributed by atoms with Gasteiger partial charge in [-0.2, -0.15) is 0 Å². The molecule has 3 N–H and O–H groups in total. The van der Waals surface area contributed by atoms with E-state index in [1.165, 1.54) is 12.4 Å². The SMILES string of the molecule is CC(CC(=O)O)NC(=O)c1cc(F)cc2[nH]cnc12. The molecule has 0 spiro atoms. The van der Waals surface area contributed by atoms with Gasteiger partial charge >= 0.3 is 5.97 Å². The van der Waals surface area contributed by atoms with Gasteiger partial charge in [0.1, 0.15) is 11.3 Å². The molecule has 1 unspecified atom stereocenters. The van der Waals surface area contributed by atoms with Gasteiger partial charge in [0.05, 0.1) is 23.8 Å². The van der Waals surface area contributed by atoms with Crippen molar-refractivity contribution in [1.82, 2.24) is 15.3 Å². The lowest BCUT2D eigenvalue weighted by atomic mass is 10.1. The number of aliphatic carboxylic acids is 1. The van der Waals surface area contributed by atoms with Gasteiger partial charge in [-0.25, -0.2) is 9.37 Å². The Balaban J connectivity index is 2.26. The molecule has 0 bridgehead atoms. The predicted molar refractivity (Wildman–Crippen MR) is 65.2 cm³/mol. The maximum atomic E-state index is 13.4. The van der Waals surface area contributed by atoms with Crippen molar-refractivity contribution in [2.45, 2.75) is 19.4 Å². The standard InChI is InChI=1S/C12H12FN3O3/c1-6(2-10(17)18)16-12(19)8-3-7(13)4-9-11(8)15-5-14-9/h3-6H,2H2,1H3,(H,14,15)(H,16,19)(H,17,18). The Bertz CT molecular complexity index is 638. The zero-order valence-corrected chi connectivity index (χ0v) is 10.1. The third kappa shape index (κ3) is 2.87. The van der Waals surface area contributed by atoms with Crippen molar-refractivity contribution in [3.63, 3.8) is 0 Å². The fraction of sp³-hybridized carbons (Fsp3) is 0.250. The van der Waals surface area contributed by atoms with E-state index in [0.29, 0.717) is 11.0 Å². The Labute approximate surface area is 107 Å². The first-order valence-corrected chi connectivity index (χ1v) is 5.62. The Morgan fingerprint density at radius 3 is 2.95 bits per heavy atom. The molecule has 2 aromatic rings. The Morgan fingerprint density at radius 2 is 2.26 bits per heavy atom. The van der Waals surface area contributed by atoms with Crippen molar-refractivity contribution in [2.75, 3.05) is 0 Å². The number of carboxylic acid groups (broad SMARTS) is 1. The fourth-order valence-corrected chi connectivity index (χ4v) is 1.80. The summed E-state index contributed by atoms with van der Waals surface area (Å²) in [4.78, 5) is 29.2. The van der Waals surface area contributed by atoms with Gasteiger partial charge < -0.3 is 15.4 Å². The zero-order valence-electron chi connectivity index (χ0n) is 10.1. The number of hydrogen-bond donors (Lipinski definition) is 3. The monoisotopic (exact) mass is 265 g/mol. The van der Waals surface area contributed by atoms with Crippen LogP contribution in [0.4, 0.5) is 4.39 Å². The van der Waals surface area contributed by atoms with Crippen LogP contribution in [-0.4, -0.2) is 33.0 Å². The smallest absolute Gasteiger partial charge is 0.305 e. The first-order valence-electron chi connectivity index (χ1n) is 5.62. The van der Waals surface area contributed by atoms with Gasteiger partial charge in [-0.1, -0.05) is 0 Å². The number of nitrogens with zero attached hydrogens (tertiary/aromatic N) is 1. The number of nitrogens with one attached hydrogen (secondary N) is 2. The van der Waals surface area contributed by atoms with E-state index in [1.807, 2.05) is 0 Å². The van der Waals surface area contributed by atoms with Crippen LogP contribution in [0.25, 0.3) is 11.0 Å². The lowest BCUT2D eigenvalue weighted by Gasteiger charge is -2.11. The van der Waals surface area contributed by atoms with Crippen LogP contribution < -0.4 is 5.32 Å². The Kier molecular flexibility index (Phi) is 3.46. The number of rotatable bonds is 4. The molecular weight excluding hydrogens is 253 g/mol. The molecule has 0 aliphatic rings. The fourth-order valence-electron chi connectivity index (χ4n) is 1.80. The van der Waals surface area contributed by atoms with Crippen LogP contribution in [0.2, 0.25) is 0 Å². The number of amides is 1. The second-order valence-electron chi connectivity index (χ2n) is 4.22. The number of H-pyrrole nitrogens is 1. The largest absolute Gasteiger partial charge is 0.481 e. The first-order chi connectivity index (χ1) is 8.97. The molecule has 1 amide bonds. The summed E-state index contributed by atoms with van der Waals surface area (Å²) < 4.78 is 13.4. The van der Waals surface area contributed by atoms with Crippen LogP contribution >= 0.6 is 0 Å².